The first-order valence-electron chi connectivity index (χ1n) is 10.9. The van der Waals surface area contributed by atoms with Crippen LogP contribution >= 0.6 is 35.6 Å². The van der Waals surface area contributed by atoms with Gasteiger partial charge >= 0.3 is 6.18 Å². The summed E-state index contributed by atoms with van der Waals surface area (Å²) in [5.41, 5.74) is 0.155. The van der Waals surface area contributed by atoms with E-state index in [0.29, 0.717) is 22.0 Å². The van der Waals surface area contributed by atoms with Crippen molar-refractivity contribution in [3.63, 3.8) is 0 Å². The van der Waals surface area contributed by atoms with Crippen molar-refractivity contribution in [1.29, 1.82) is 0 Å². The molecule has 4 rings (SSSR count). The minimum Gasteiger partial charge on any atom is -0.493 e. The van der Waals surface area contributed by atoms with Gasteiger partial charge in [-0.25, -0.2) is 0 Å². The molecule has 0 saturated carbocycles. The summed E-state index contributed by atoms with van der Waals surface area (Å²) in [7, 11) is 1.42. The van der Waals surface area contributed by atoms with Gasteiger partial charge in [-0.3, -0.25) is 14.5 Å². The van der Waals surface area contributed by atoms with E-state index in [1.807, 2.05) is 0 Å². The van der Waals surface area contributed by atoms with Gasteiger partial charge in [0.2, 0.25) is 0 Å². The predicted octanol–water partition coefficient (Wildman–Crippen LogP) is 6.79. The van der Waals surface area contributed by atoms with Crippen LogP contribution in [0.25, 0.3) is 6.08 Å². The number of ether oxygens (including phenoxy) is 2. The number of nitrogens with zero attached hydrogens (tertiary/aromatic N) is 1. The lowest BCUT2D eigenvalue weighted by atomic mass is 10.1. The molecule has 1 fully saturated rings. The molecule has 6 nitrogen and oxygen atoms in total. The fraction of sp³-hybridized carbons (Fsp3) is 0.115. The van der Waals surface area contributed by atoms with Crippen LogP contribution < -0.4 is 19.7 Å². The maximum atomic E-state index is 13.1. The fourth-order valence-corrected chi connectivity index (χ4v) is 4.93. The molecule has 0 spiro atoms. The zero-order chi connectivity index (χ0) is 27.4. The highest BCUT2D eigenvalue weighted by molar-refractivity contribution is 8.27. The molecule has 3 aromatic rings. The van der Waals surface area contributed by atoms with Crippen LogP contribution in [0.4, 0.5) is 24.5 Å². The van der Waals surface area contributed by atoms with Crippen molar-refractivity contribution >= 4 is 69.2 Å². The van der Waals surface area contributed by atoms with Gasteiger partial charge in [0.05, 0.1) is 34.0 Å². The Morgan fingerprint density at radius 2 is 1.87 bits per heavy atom. The van der Waals surface area contributed by atoms with Gasteiger partial charge < -0.3 is 14.8 Å². The summed E-state index contributed by atoms with van der Waals surface area (Å²) in [6.45, 7) is -0.309. The molecule has 1 N–H and O–H groups in total. The van der Waals surface area contributed by atoms with Gasteiger partial charge in [0.25, 0.3) is 11.8 Å². The zero-order valence-corrected chi connectivity index (χ0v) is 21.9. The maximum Gasteiger partial charge on any atom is 0.416 e. The smallest absolute Gasteiger partial charge is 0.416 e. The summed E-state index contributed by atoms with van der Waals surface area (Å²) in [6, 6.07) is 16.0. The third kappa shape index (κ3) is 6.29. The van der Waals surface area contributed by atoms with E-state index < -0.39 is 23.6 Å². The zero-order valence-electron chi connectivity index (χ0n) is 19.5. The number of hydrogen-bond donors (Lipinski definition) is 1. The number of thioether (sulfide) groups is 1. The molecule has 1 aliphatic rings. The Morgan fingerprint density at radius 1 is 1.11 bits per heavy atom. The SMILES string of the molecule is COc1cc(/C=C2\SC(=S)N(c3cccc(C(F)(F)F)c3)C2=O)ccc1OCC(=O)Nc1ccccc1Cl. The predicted molar refractivity (Wildman–Crippen MR) is 146 cm³/mol. The van der Waals surface area contributed by atoms with Crippen molar-refractivity contribution in [3.8, 4) is 11.5 Å². The van der Waals surface area contributed by atoms with Gasteiger partial charge in [-0.15, -0.1) is 0 Å². The van der Waals surface area contributed by atoms with Gasteiger partial charge in [0.1, 0.15) is 0 Å². The second-order valence-electron chi connectivity index (χ2n) is 7.79. The van der Waals surface area contributed by atoms with Crippen LogP contribution in [0, 0.1) is 0 Å². The molecular weight excluding hydrogens is 561 g/mol. The largest absolute Gasteiger partial charge is 0.493 e. The number of para-hydroxylation sites is 1. The van der Waals surface area contributed by atoms with Gasteiger partial charge in [-0.05, 0) is 54.1 Å². The summed E-state index contributed by atoms with van der Waals surface area (Å²) in [5.74, 6) is -0.384. The van der Waals surface area contributed by atoms with Crippen molar-refractivity contribution in [2.45, 2.75) is 6.18 Å². The fourth-order valence-electron chi connectivity index (χ4n) is 3.45. The van der Waals surface area contributed by atoms with Crippen molar-refractivity contribution in [2.75, 3.05) is 23.9 Å². The van der Waals surface area contributed by atoms with E-state index in [9.17, 15) is 22.8 Å². The van der Waals surface area contributed by atoms with Crippen molar-refractivity contribution < 1.29 is 32.2 Å². The lowest BCUT2D eigenvalue weighted by Gasteiger charge is -2.16. The van der Waals surface area contributed by atoms with Crippen LogP contribution in [0.15, 0.2) is 71.6 Å². The quantitative estimate of drug-likeness (QED) is 0.246. The number of thiocarbonyl (C=S) groups is 1. The van der Waals surface area contributed by atoms with Crippen LogP contribution in [0.1, 0.15) is 11.1 Å². The minimum atomic E-state index is -4.55. The number of carbonyl (C=O) groups excluding carboxylic acids is 2. The van der Waals surface area contributed by atoms with Crippen molar-refractivity contribution in [3.05, 3.63) is 87.8 Å². The molecule has 3 aromatic carbocycles. The normalized spacial score (nSPS) is 14.7. The molecule has 38 heavy (non-hydrogen) atoms. The van der Waals surface area contributed by atoms with Crippen molar-refractivity contribution in [1.82, 2.24) is 0 Å². The first-order chi connectivity index (χ1) is 18.1. The number of nitrogens with one attached hydrogen (secondary N) is 1. The molecule has 0 atom stereocenters. The number of carbonyl (C=O) groups is 2. The number of alkyl halides is 3. The first kappa shape index (κ1) is 27.5. The van der Waals surface area contributed by atoms with Crippen LogP contribution in [0.3, 0.4) is 0 Å². The highest BCUT2D eigenvalue weighted by Crippen LogP contribution is 2.39. The number of amides is 2. The molecule has 1 heterocycles. The third-order valence-corrected chi connectivity index (χ3v) is 6.85. The lowest BCUT2D eigenvalue weighted by Crippen LogP contribution is -2.27. The summed E-state index contributed by atoms with van der Waals surface area (Å²) in [6.07, 6.45) is -3.01. The van der Waals surface area contributed by atoms with Crippen LogP contribution in [-0.4, -0.2) is 29.9 Å². The molecule has 0 radical (unpaired) electrons. The van der Waals surface area contributed by atoms with Crippen LogP contribution in [0.2, 0.25) is 5.02 Å². The highest BCUT2D eigenvalue weighted by Gasteiger charge is 2.36. The number of methoxy groups -OCH3 is 1. The molecule has 1 aliphatic heterocycles. The summed E-state index contributed by atoms with van der Waals surface area (Å²) < 4.78 is 50.4. The summed E-state index contributed by atoms with van der Waals surface area (Å²) in [5, 5.41) is 3.04. The molecule has 2 amide bonds. The van der Waals surface area contributed by atoms with E-state index >= 15 is 0 Å². The Bertz CT molecular complexity index is 1450. The Hall–Kier alpha value is -3.54. The number of halogens is 4. The molecule has 1 saturated heterocycles. The molecule has 0 bridgehead atoms. The topological polar surface area (TPSA) is 67.9 Å². The standard InChI is InChI=1S/C26H18ClF3N2O4S2/c1-35-21-11-15(9-10-20(21)36-14-23(33)31-19-8-3-2-7-18(19)27)12-22-24(34)32(25(37)38-22)17-6-4-5-16(13-17)26(28,29)30/h2-13H,14H2,1H3,(H,31,33)/b22-12-. The third-order valence-electron chi connectivity index (χ3n) is 5.22. The Morgan fingerprint density at radius 3 is 2.58 bits per heavy atom. The Labute approximate surface area is 230 Å². The molecule has 0 unspecified atom stereocenters. The van der Waals surface area contributed by atoms with E-state index in [2.05, 4.69) is 5.32 Å². The van der Waals surface area contributed by atoms with Crippen molar-refractivity contribution in [2.24, 2.45) is 0 Å². The molecule has 12 heteroatoms. The van der Waals surface area contributed by atoms with Gasteiger partial charge in [0, 0.05) is 0 Å². The van der Waals surface area contributed by atoms with E-state index in [1.165, 1.54) is 19.2 Å². The maximum absolute atomic E-state index is 13.1. The average molecular weight is 579 g/mol. The van der Waals surface area contributed by atoms with E-state index in [0.717, 1.165) is 28.8 Å². The van der Waals surface area contributed by atoms with Gasteiger partial charge in [-0.1, -0.05) is 59.8 Å². The molecular formula is C26H18ClF3N2O4S2. The number of benzene rings is 3. The monoisotopic (exact) mass is 578 g/mol. The number of anilines is 2. The van der Waals surface area contributed by atoms with Crippen LogP contribution in [0.5, 0.6) is 11.5 Å². The van der Waals surface area contributed by atoms with Gasteiger partial charge in [0.15, 0.2) is 22.4 Å². The summed E-state index contributed by atoms with van der Waals surface area (Å²) >= 11 is 12.3. The number of rotatable bonds is 7. The average Bonchev–Trinajstić information content (AvgIpc) is 3.16. The second-order valence-corrected chi connectivity index (χ2v) is 9.88. The first-order valence-corrected chi connectivity index (χ1v) is 12.5. The Kier molecular flexibility index (Phi) is 8.29. The van der Waals surface area contributed by atoms with E-state index in [4.69, 9.17) is 33.3 Å². The number of hydrogen-bond acceptors (Lipinski definition) is 6. The molecule has 0 aliphatic carbocycles. The minimum absolute atomic E-state index is 0.0297. The van der Waals surface area contributed by atoms with Crippen LogP contribution in [-0.2, 0) is 15.8 Å². The second kappa shape index (κ2) is 11.5. The van der Waals surface area contributed by atoms with Gasteiger partial charge in [-0.2, -0.15) is 13.2 Å². The molecule has 0 aromatic heterocycles. The highest BCUT2D eigenvalue weighted by atomic mass is 35.5. The lowest BCUT2D eigenvalue weighted by molar-refractivity contribution is -0.137. The summed E-state index contributed by atoms with van der Waals surface area (Å²) in [4.78, 5) is 26.6. The molecule has 196 valence electrons. The van der Waals surface area contributed by atoms with E-state index in [1.54, 1.807) is 48.5 Å². The van der Waals surface area contributed by atoms with E-state index in [-0.39, 0.29) is 27.3 Å². The Balaban J connectivity index is 1.48.